The Hall–Kier alpha value is -2.68. The van der Waals surface area contributed by atoms with Crippen molar-refractivity contribution in [1.29, 1.82) is 0 Å². The second-order valence-corrected chi connectivity index (χ2v) is 4.33. The van der Waals surface area contributed by atoms with Crippen LogP contribution in [-0.4, -0.2) is 16.9 Å². The highest BCUT2D eigenvalue weighted by atomic mass is 16.4. The number of allylic oxidation sites excluding steroid dienone is 1. The van der Waals surface area contributed by atoms with Gasteiger partial charge in [-0.3, -0.25) is 4.79 Å². The Morgan fingerprint density at radius 2 is 1.75 bits per heavy atom. The number of carboxylic acids is 1. The summed E-state index contributed by atoms with van der Waals surface area (Å²) < 4.78 is 0. The largest absolute Gasteiger partial charge is 0.478 e. The molecule has 20 heavy (non-hydrogen) atoms. The van der Waals surface area contributed by atoms with Crippen LogP contribution in [0.25, 0.3) is 0 Å². The molecular formula is C17H14O3. The van der Waals surface area contributed by atoms with E-state index in [0.717, 1.165) is 0 Å². The van der Waals surface area contributed by atoms with Crippen molar-refractivity contribution in [2.75, 3.05) is 0 Å². The fourth-order valence-electron chi connectivity index (χ4n) is 2.11. The van der Waals surface area contributed by atoms with Crippen molar-refractivity contribution in [1.82, 2.24) is 0 Å². The van der Waals surface area contributed by atoms with Crippen LogP contribution in [0, 0.1) is 0 Å². The van der Waals surface area contributed by atoms with Crippen LogP contribution >= 0.6 is 0 Å². The van der Waals surface area contributed by atoms with E-state index in [2.05, 4.69) is 6.58 Å². The predicted molar refractivity (Wildman–Crippen MR) is 77.2 cm³/mol. The lowest BCUT2D eigenvalue weighted by Crippen LogP contribution is -2.12. The molecule has 0 aromatic heterocycles. The fraction of sp³-hybridized carbons (Fsp3) is 0.0588. The molecule has 0 saturated heterocycles. The molecule has 0 heterocycles. The fourth-order valence-corrected chi connectivity index (χ4v) is 2.11. The lowest BCUT2D eigenvalue weighted by Gasteiger charge is -2.10. The summed E-state index contributed by atoms with van der Waals surface area (Å²) >= 11 is 0. The second-order valence-electron chi connectivity index (χ2n) is 4.33. The summed E-state index contributed by atoms with van der Waals surface area (Å²) in [7, 11) is 0. The van der Waals surface area contributed by atoms with E-state index in [4.69, 9.17) is 0 Å². The molecule has 2 aromatic carbocycles. The molecule has 3 heteroatoms. The van der Waals surface area contributed by atoms with Crippen LogP contribution < -0.4 is 0 Å². The molecule has 0 atom stereocenters. The van der Waals surface area contributed by atoms with Gasteiger partial charge in [0.1, 0.15) is 0 Å². The number of rotatable bonds is 5. The average molecular weight is 266 g/mol. The number of hydrogen-bond donors (Lipinski definition) is 1. The van der Waals surface area contributed by atoms with E-state index in [0.29, 0.717) is 17.5 Å². The topological polar surface area (TPSA) is 54.4 Å². The summed E-state index contributed by atoms with van der Waals surface area (Å²) in [6.45, 7) is 3.64. The third-order valence-corrected chi connectivity index (χ3v) is 3.01. The minimum Gasteiger partial charge on any atom is -0.478 e. The van der Waals surface area contributed by atoms with E-state index in [9.17, 15) is 14.7 Å². The molecule has 0 aliphatic heterocycles. The Morgan fingerprint density at radius 1 is 1.05 bits per heavy atom. The molecule has 0 unspecified atom stereocenters. The zero-order valence-electron chi connectivity index (χ0n) is 10.9. The minimum absolute atomic E-state index is 0.0261. The summed E-state index contributed by atoms with van der Waals surface area (Å²) in [5.41, 5.74) is 1.42. The lowest BCUT2D eigenvalue weighted by molar-refractivity contribution is 0.0692. The van der Waals surface area contributed by atoms with Crippen LogP contribution in [-0.2, 0) is 6.42 Å². The van der Waals surface area contributed by atoms with Crippen molar-refractivity contribution < 1.29 is 14.7 Å². The van der Waals surface area contributed by atoms with Crippen LogP contribution in [0.5, 0.6) is 0 Å². The SMILES string of the molecule is C=CCc1cccc(C(=O)O)c1C(=O)c1ccccc1. The Labute approximate surface area is 117 Å². The zero-order chi connectivity index (χ0) is 14.5. The molecule has 0 fully saturated rings. The molecule has 0 radical (unpaired) electrons. The molecule has 2 aromatic rings. The summed E-state index contributed by atoms with van der Waals surface area (Å²) in [4.78, 5) is 23.9. The monoisotopic (exact) mass is 266 g/mol. The first-order valence-corrected chi connectivity index (χ1v) is 6.21. The Balaban J connectivity index is 2.61. The normalized spacial score (nSPS) is 10.0. The highest BCUT2D eigenvalue weighted by Gasteiger charge is 2.20. The van der Waals surface area contributed by atoms with Crippen molar-refractivity contribution in [3.05, 3.63) is 83.4 Å². The number of hydrogen-bond acceptors (Lipinski definition) is 2. The van der Waals surface area contributed by atoms with E-state index in [1.807, 2.05) is 6.07 Å². The third kappa shape index (κ3) is 2.67. The third-order valence-electron chi connectivity index (χ3n) is 3.01. The highest BCUT2D eigenvalue weighted by molar-refractivity contribution is 6.15. The van der Waals surface area contributed by atoms with Gasteiger partial charge < -0.3 is 5.11 Å². The maximum absolute atomic E-state index is 12.6. The molecule has 0 bridgehead atoms. The Kier molecular flexibility index (Phi) is 4.11. The number of aromatic carboxylic acids is 1. The maximum Gasteiger partial charge on any atom is 0.336 e. The summed E-state index contributed by atoms with van der Waals surface area (Å²) in [6, 6.07) is 13.5. The molecule has 0 saturated carbocycles. The first-order valence-electron chi connectivity index (χ1n) is 6.21. The zero-order valence-corrected chi connectivity index (χ0v) is 10.9. The van der Waals surface area contributed by atoms with Gasteiger partial charge in [-0.2, -0.15) is 0 Å². The van der Waals surface area contributed by atoms with Gasteiger partial charge in [0.15, 0.2) is 5.78 Å². The Morgan fingerprint density at radius 3 is 2.35 bits per heavy atom. The van der Waals surface area contributed by atoms with Gasteiger partial charge in [-0.25, -0.2) is 4.79 Å². The predicted octanol–water partition coefficient (Wildman–Crippen LogP) is 3.34. The lowest BCUT2D eigenvalue weighted by atomic mass is 9.92. The molecule has 2 rings (SSSR count). The molecule has 3 nitrogen and oxygen atoms in total. The van der Waals surface area contributed by atoms with Crippen LogP contribution in [0.4, 0.5) is 0 Å². The van der Waals surface area contributed by atoms with E-state index in [1.165, 1.54) is 6.07 Å². The Bertz CT molecular complexity index is 657. The van der Waals surface area contributed by atoms with Crippen LogP contribution in [0.1, 0.15) is 31.8 Å². The first kappa shape index (κ1) is 13.7. The maximum atomic E-state index is 12.6. The molecule has 0 amide bonds. The van der Waals surface area contributed by atoms with Crippen molar-refractivity contribution in [2.24, 2.45) is 0 Å². The minimum atomic E-state index is -1.10. The molecule has 0 aliphatic carbocycles. The highest BCUT2D eigenvalue weighted by Crippen LogP contribution is 2.20. The van der Waals surface area contributed by atoms with E-state index in [-0.39, 0.29) is 16.9 Å². The summed E-state index contributed by atoms with van der Waals surface area (Å²) in [5.74, 6) is -1.38. The van der Waals surface area contributed by atoms with Gasteiger partial charge in [-0.1, -0.05) is 48.5 Å². The van der Waals surface area contributed by atoms with Gasteiger partial charge in [0.05, 0.1) is 5.56 Å². The molecule has 100 valence electrons. The number of benzene rings is 2. The van der Waals surface area contributed by atoms with Crippen molar-refractivity contribution in [2.45, 2.75) is 6.42 Å². The summed E-state index contributed by atoms with van der Waals surface area (Å²) in [5, 5.41) is 9.28. The number of ketones is 1. The van der Waals surface area contributed by atoms with Crippen molar-refractivity contribution in [3.63, 3.8) is 0 Å². The van der Waals surface area contributed by atoms with Gasteiger partial charge >= 0.3 is 5.97 Å². The summed E-state index contributed by atoms with van der Waals surface area (Å²) in [6.07, 6.45) is 2.11. The standard InChI is InChI=1S/C17H14O3/c1-2-7-12-10-6-11-14(17(19)20)15(12)16(18)13-8-4-3-5-9-13/h2-6,8-11H,1,7H2,(H,19,20). The van der Waals surface area contributed by atoms with Gasteiger partial charge in [-0.15, -0.1) is 6.58 Å². The second kappa shape index (κ2) is 5.97. The van der Waals surface area contributed by atoms with Gasteiger partial charge in [0.25, 0.3) is 0 Å². The van der Waals surface area contributed by atoms with Crippen LogP contribution in [0.3, 0.4) is 0 Å². The molecular weight excluding hydrogens is 252 g/mol. The quantitative estimate of drug-likeness (QED) is 0.667. The number of carbonyl (C=O) groups excluding carboxylic acids is 1. The molecule has 0 aliphatic rings. The van der Waals surface area contributed by atoms with Crippen LogP contribution in [0.2, 0.25) is 0 Å². The van der Waals surface area contributed by atoms with Gasteiger partial charge in [0.2, 0.25) is 0 Å². The average Bonchev–Trinajstić information content (AvgIpc) is 2.47. The molecule has 0 spiro atoms. The van der Waals surface area contributed by atoms with E-state index in [1.54, 1.807) is 42.5 Å². The smallest absolute Gasteiger partial charge is 0.336 e. The van der Waals surface area contributed by atoms with Gasteiger partial charge in [-0.05, 0) is 18.1 Å². The number of carbonyl (C=O) groups is 2. The molecule has 1 N–H and O–H groups in total. The van der Waals surface area contributed by atoms with Crippen LogP contribution in [0.15, 0.2) is 61.2 Å². The van der Waals surface area contributed by atoms with Crippen molar-refractivity contribution >= 4 is 11.8 Å². The van der Waals surface area contributed by atoms with E-state index < -0.39 is 5.97 Å². The van der Waals surface area contributed by atoms with E-state index >= 15 is 0 Å². The van der Waals surface area contributed by atoms with Crippen molar-refractivity contribution in [3.8, 4) is 0 Å². The number of carboxylic acid groups (broad SMARTS) is 1. The first-order chi connectivity index (χ1) is 9.65. The van der Waals surface area contributed by atoms with Gasteiger partial charge in [0, 0.05) is 11.1 Å².